The molecule has 0 radical (unpaired) electrons. The van der Waals surface area contributed by atoms with Crippen molar-refractivity contribution >= 4 is 11.6 Å². The number of carbonyl (C=O) groups excluding carboxylic acids is 1. The predicted molar refractivity (Wildman–Crippen MR) is 73.8 cm³/mol. The van der Waals surface area contributed by atoms with E-state index in [0.29, 0.717) is 30.8 Å². The summed E-state index contributed by atoms with van der Waals surface area (Å²) in [4.78, 5) is 18.3. The van der Waals surface area contributed by atoms with Crippen LogP contribution < -0.4 is 5.73 Å². The Morgan fingerprint density at radius 2 is 2.21 bits per heavy atom. The Bertz CT molecular complexity index is 486. The van der Waals surface area contributed by atoms with Crippen molar-refractivity contribution in [2.45, 2.75) is 38.7 Å². The van der Waals surface area contributed by atoms with Crippen LogP contribution in [-0.4, -0.2) is 39.6 Å². The number of pyridine rings is 1. The molecule has 1 aliphatic heterocycles. The molecule has 0 bridgehead atoms. The van der Waals surface area contributed by atoms with Crippen molar-refractivity contribution in [1.82, 2.24) is 9.88 Å². The number of amides is 1. The van der Waals surface area contributed by atoms with Gasteiger partial charge in [-0.2, -0.15) is 0 Å². The quantitative estimate of drug-likeness (QED) is 0.801. The van der Waals surface area contributed by atoms with Gasteiger partial charge in [0, 0.05) is 30.7 Å². The number of hydrogen-bond donors (Lipinski definition) is 2. The van der Waals surface area contributed by atoms with Gasteiger partial charge in [-0.1, -0.05) is 0 Å². The number of aryl methyl sites for hydroxylation is 1. The number of nitrogens with zero attached hydrogens (tertiary/aromatic N) is 2. The van der Waals surface area contributed by atoms with Gasteiger partial charge in [-0.3, -0.25) is 9.78 Å². The second kappa shape index (κ2) is 5.17. The molecule has 19 heavy (non-hydrogen) atoms. The van der Waals surface area contributed by atoms with Gasteiger partial charge in [-0.05, 0) is 39.2 Å². The molecule has 1 amide bonds. The lowest BCUT2D eigenvalue weighted by molar-refractivity contribution is 0.0438. The van der Waals surface area contributed by atoms with Crippen molar-refractivity contribution in [3.8, 4) is 0 Å². The van der Waals surface area contributed by atoms with Crippen LogP contribution in [0.3, 0.4) is 0 Å². The first-order valence-electron chi connectivity index (χ1n) is 6.63. The summed E-state index contributed by atoms with van der Waals surface area (Å²) in [6.07, 6.45) is 3.66. The summed E-state index contributed by atoms with van der Waals surface area (Å²) in [5.41, 5.74) is 6.93. The maximum Gasteiger partial charge on any atom is 0.257 e. The van der Waals surface area contributed by atoms with E-state index in [9.17, 15) is 9.90 Å². The lowest BCUT2D eigenvalue weighted by atomic mass is 9.98. The molecule has 1 saturated heterocycles. The molecule has 1 fully saturated rings. The smallest absolute Gasteiger partial charge is 0.257 e. The van der Waals surface area contributed by atoms with Crippen molar-refractivity contribution in [3.63, 3.8) is 0 Å². The number of carbonyl (C=O) groups is 1. The zero-order chi connectivity index (χ0) is 14.0. The van der Waals surface area contributed by atoms with E-state index >= 15 is 0 Å². The van der Waals surface area contributed by atoms with Gasteiger partial charge < -0.3 is 15.7 Å². The Morgan fingerprint density at radius 1 is 1.47 bits per heavy atom. The molecule has 0 saturated carbocycles. The van der Waals surface area contributed by atoms with Gasteiger partial charge in [0.05, 0.1) is 11.2 Å². The van der Waals surface area contributed by atoms with Crippen LogP contribution in [0.1, 0.15) is 42.2 Å². The van der Waals surface area contributed by atoms with Crippen LogP contribution >= 0.6 is 0 Å². The van der Waals surface area contributed by atoms with E-state index < -0.39 is 5.60 Å². The first kappa shape index (κ1) is 13.8. The second-order valence-corrected chi connectivity index (χ2v) is 5.56. The van der Waals surface area contributed by atoms with Crippen LogP contribution in [0.25, 0.3) is 0 Å². The number of nitrogens with two attached hydrogens (primary N) is 1. The molecule has 1 aromatic rings. The maximum atomic E-state index is 12.4. The van der Waals surface area contributed by atoms with Crippen LogP contribution in [-0.2, 0) is 0 Å². The molecular weight excluding hydrogens is 242 g/mol. The molecule has 5 nitrogen and oxygen atoms in total. The second-order valence-electron chi connectivity index (χ2n) is 5.56. The maximum absolute atomic E-state index is 12.4. The highest BCUT2D eigenvalue weighted by atomic mass is 16.3. The molecule has 0 aliphatic carbocycles. The molecule has 3 N–H and O–H groups in total. The fraction of sp³-hybridized carbons (Fsp3) is 0.571. The van der Waals surface area contributed by atoms with Gasteiger partial charge in [-0.15, -0.1) is 0 Å². The highest BCUT2D eigenvalue weighted by molar-refractivity contribution is 5.98. The van der Waals surface area contributed by atoms with E-state index in [4.69, 9.17) is 5.73 Å². The lowest BCUT2D eigenvalue weighted by Gasteiger charge is -2.23. The van der Waals surface area contributed by atoms with Crippen LogP contribution in [0, 0.1) is 6.92 Å². The van der Waals surface area contributed by atoms with E-state index in [1.54, 1.807) is 11.0 Å². The molecule has 0 aromatic carbocycles. The summed E-state index contributed by atoms with van der Waals surface area (Å²) in [5, 5.41) is 10.0. The van der Waals surface area contributed by atoms with Crippen LogP contribution in [0.2, 0.25) is 0 Å². The predicted octanol–water partition coefficient (Wildman–Crippen LogP) is 1.35. The van der Waals surface area contributed by atoms with Crippen molar-refractivity contribution < 1.29 is 9.90 Å². The van der Waals surface area contributed by atoms with E-state index in [1.165, 1.54) is 6.20 Å². The molecule has 1 atom stereocenters. The standard InChI is InChI=1S/C14H21N3O2/c1-10-8-12(15)11(9-16-10)13(18)17-6-3-4-14(2,19)5-7-17/h8-9,19H,3-7H2,1-2H3,(H2,15,16). The third-order valence-corrected chi connectivity index (χ3v) is 3.65. The fourth-order valence-electron chi connectivity index (χ4n) is 2.40. The molecule has 104 valence electrons. The zero-order valence-electron chi connectivity index (χ0n) is 11.5. The Kier molecular flexibility index (Phi) is 3.75. The molecule has 2 rings (SSSR count). The topological polar surface area (TPSA) is 79.5 Å². The number of hydrogen-bond acceptors (Lipinski definition) is 4. The summed E-state index contributed by atoms with van der Waals surface area (Å²) in [7, 11) is 0. The zero-order valence-corrected chi connectivity index (χ0v) is 11.5. The lowest BCUT2D eigenvalue weighted by Crippen LogP contribution is -2.34. The highest BCUT2D eigenvalue weighted by Gasteiger charge is 2.28. The van der Waals surface area contributed by atoms with Crippen molar-refractivity contribution in [1.29, 1.82) is 0 Å². The summed E-state index contributed by atoms with van der Waals surface area (Å²) in [6, 6.07) is 1.71. The summed E-state index contributed by atoms with van der Waals surface area (Å²) < 4.78 is 0. The van der Waals surface area contributed by atoms with Gasteiger partial charge in [0.1, 0.15) is 0 Å². The SMILES string of the molecule is Cc1cc(N)c(C(=O)N2CCCC(C)(O)CC2)cn1. The number of rotatable bonds is 1. The van der Waals surface area contributed by atoms with Crippen LogP contribution in [0.5, 0.6) is 0 Å². The molecule has 1 aliphatic rings. The average molecular weight is 263 g/mol. The number of aliphatic hydroxyl groups is 1. The van der Waals surface area contributed by atoms with Gasteiger partial charge in [0.15, 0.2) is 0 Å². The Labute approximate surface area is 113 Å². The molecule has 5 heteroatoms. The van der Waals surface area contributed by atoms with E-state index in [1.807, 2.05) is 13.8 Å². The third kappa shape index (κ3) is 3.23. The molecule has 2 heterocycles. The van der Waals surface area contributed by atoms with Crippen molar-refractivity contribution in [2.75, 3.05) is 18.8 Å². The van der Waals surface area contributed by atoms with Crippen molar-refractivity contribution in [3.05, 3.63) is 23.5 Å². The number of likely N-dealkylation sites (tertiary alicyclic amines) is 1. The normalized spacial score (nSPS) is 24.1. The van der Waals surface area contributed by atoms with Crippen molar-refractivity contribution in [2.24, 2.45) is 0 Å². The minimum Gasteiger partial charge on any atom is -0.398 e. The number of nitrogen functional groups attached to an aromatic ring is 1. The Morgan fingerprint density at radius 3 is 2.89 bits per heavy atom. The molecule has 0 spiro atoms. The van der Waals surface area contributed by atoms with E-state index in [2.05, 4.69) is 4.98 Å². The van der Waals surface area contributed by atoms with Crippen LogP contribution in [0.15, 0.2) is 12.3 Å². The first-order valence-corrected chi connectivity index (χ1v) is 6.63. The summed E-state index contributed by atoms with van der Waals surface area (Å²) in [5.74, 6) is -0.0947. The summed E-state index contributed by atoms with van der Waals surface area (Å²) >= 11 is 0. The third-order valence-electron chi connectivity index (χ3n) is 3.65. The Balaban J connectivity index is 2.15. The highest BCUT2D eigenvalue weighted by Crippen LogP contribution is 2.23. The molecule has 1 aromatic heterocycles. The largest absolute Gasteiger partial charge is 0.398 e. The summed E-state index contributed by atoms with van der Waals surface area (Å²) in [6.45, 7) is 4.87. The van der Waals surface area contributed by atoms with E-state index in [0.717, 1.165) is 18.5 Å². The van der Waals surface area contributed by atoms with Gasteiger partial charge in [-0.25, -0.2) is 0 Å². The van der Waals surface area contributed by atoms with Gasteiger partial charge in [0.2, 0.25) is 0 Å². The van der Waals surface area contributed by atoms with Crippen LogP contribution in [0.4, 0.5) is 5.69 Å². The minimum atomic E-state index is -0.675. The minimum absolute atomic E-state index is 0.0947. The monoisotopic (exact) mass is 263 g/mol. The Hall–Kier alpha value is -1.62. The first-order chi connectivity index (χ1) is 8.89. The van der Waals surface area contributed by atoms with Gasteiger partial charge >= 0.3 is 0 Å². The molecular formula is C14H21N3O2. The fourth-order valence-corrected chi connectivity index (χ4v) is 2.40. The number of anilines is 1. The molecule has 1 unspecified atom stereocenters. The van der Waals surface area contributed by atoms with Gasteiger partial charge in [0.25, 0.3) is 5.91 Å². The average Bonchev–Trinajstić information content (AvgIpc) is 2.49. The number of aromatic nitrogens is 1. The van der Waals surface area contributed by atoms with E-state index in [-0.39, 0.29) is 5.91 Å².